The zero-order valence-electron chi connectivity index (χ0n) is 13.3. The highest BCUT2D eigenvalue weighted by Crippen LogP contribution is 2.35. The number of aromatic nitrogens is 2. The topological polar surface area (TPSA) is 58.6 Å². The van der Waals surface area contributed by atoms with Gasteiger partial charge in [-0.15, -0.1) is 0 Å². The number of carbonyl (C=O) groups excluding carboxylic acids is 1. The third-order valence-corrected chi connectivity index (χ3v) is 3.85. The number of anilines is 2. The quantitative estimate of drug-likeness (QED) is 0.849. The van der Waals surface area contributed by atoms with Crippen molar-refractivity contribution in [3.63, 3.8) is 0 Å². The maximum absolute atomic E-state index is 13.1. The molecular formula is C16H15F3N4O2. The van der Waals surface area contributed by atoms with Crippen molar-refractivity contribution in [1.82, 2.24) is 9.97 Å². The van der Waals surface area contributed by atoms with Crippen LogP contribution in [0.4, 0.5) is 24.7 Å². The summed E-state index contributed by atoms with van der Waals surface area (Å²) in [6, 6.07) is 5.45. The van der Waals surface area contributed by atoms with Gasteiger partial charge < -0.3 is 14.5 Å². The van der Waals surface area contributed by atoms with Gasteiger partial charge in [0.05, 0.1) is 24.9 Å². The van der Waals surface area contributed by atoms with Gasteiger partial charge in [0.25, 0.3) is 0 Å². The lowest BCUT2D eigenvalue weighted by Gasteiger charge is -2.35. The van der Waals surface area contributed by atoms with E-state index in [-0.39, 0.29) is 31.4 Å². The van der Waals surface area contributed by atoms with Gasteiger partial charge in [0, 0.05) is 31.5 Å². The predicted octanol–water partition coefficient (Wildman–Crippen LogP) is 2.36. The minimum absolute atomic E-state index is 0.190. The number of hydrogen-bond donors (Lipinski definition) is 0. The Labute approximate surface area is 141 Å². The summed E-state index contributed by atoms with van der Waals surface area (Å²) in [6.07, 6.45) is -1.73. The Morgan fingerprint density at radius 3 is 2.64 bits per heavy atom. The second-order valence-electron chi connectivity index (χ2n) is 5.40. The van der Waals surface area contributed by atoms with Crippen molar-refractivity contribution < 1.29 is 22.7 Å². The van der Waals surface area contributed by atoms with Crippen LogP contribution in [0.3, 0.4) is 0 Å². The lowest BCUT2D eigenvalue weighted by Crippen LogP contribution is -2.51. The van der Waals surface area contributed by atoms with E-state index in [1.54, 1.807) is 12.1 Å². The standard InChI is InChI=1S/C16H15F3N4O2/c1-25-13-9-11(4-6-20-13)23-8-7-22(10-14(23)24)15-12(16(17,18)19)3-2-5-21-15/h2-6,9H,7-8,10H2,1H3. The molecule has 2 aromatic rings. The summed E-state index contributed by atoms with van der Waals surface area (Å²) in [4.78, 5) is 23.1. The molecule has 1 fully saturated rings. The van der Waals surface area contributed by atoms with Crippen LogP contribution in [0.2, 0.25) is 0 Å². The molecule has 0 bridgehead atoms. The fraction of sp³-hybridized carbons (Fsp3) is 0.312. The molecule has 0 aliphatic carbocycles. The van der Waals surface area contributed by atoms with Gasteiger partial charge in [-0.05, 0) is 18.2 Å². The summed E-state index contributed by atoms with van der Waals surface area (Å²) in [5.74, 6) is -0.189. The van der Waals surface area contributed by atoms with Crippen molar-refractivity contribution in [3.8, 4) is 5.88 Å². The molecule has 2 aromatic heterocycles. The van der Waals surface area contributed by atoms with Crippen LogP contribution in [0.15, 0.2) is 36.7 Å². The number of rotatable bonds is 3. The molecule has 0 aromatic carbocycles. The Morgan fingerprint density at radius 2 is 1.96 bits per heavy atom. The lowest BCUT2D eigenvalue weighted by molar-refractivity contribution is -0.137. The Kier molecular flexibility index (Phi) is 4.47. The van der Waals surface area contributed by atoms with Gasteiger partial charge in [-0.3, -0.25) is 4.79 Å². The van der Waals surface area contributed by atoms with E-state index in [2.05, 4.69) is 9.97 Å². The van der Waals surface area contributed by atoms with Gasteiger partial charge in [-0.2, -0.15) is 13.2 Å². The molecule has 132 valence electrons. The molecule has 9 heteroatoms. The molecule has 1 amide bonds. The monoisotopic (exact) mass is 352 g/mol. The highest BCUT2D eigenvalue weighted by molar-refractivity contribution is 5.97. The number of nitrogens with zero attached hydrogens (tertiary/aromatic N) is 4. The lowest BCUT2D eigenvalue weighted by atomic mass is 10.2. The number of alkyl halides is 3. The summed E-state index contributed by atoms with van der Waals surface area (Å²) in [5, 5.41) is 0. The number of ether oxygens (including phenoxy) is 1. The minimum atomic E-state index is -4.53. The summed E-state index contributed by atoms with van der Waals surface area (Å²) in [5.41, 5.74) is -0.254. The number of methoxy groups -OCH3 is 1. The molecule has 1 saturated heterocycles. The summed E-state index contributed by atoms with van der Waals surface area (Å²) in [7, 11) is 1.46. The molecule has 0 atom stereocenters. The van der Waals surface area contributed by atoms with E-state index in [0.29, 0.717) is 11.6 Å². The normalized spacial score (nSPS) is 15.4. The molecule has 6 nitrogen and oxygen atoms in total. The minimum Gasteiger partial charge on any atom is -0.481 e. The summed E-state index contributed by atoms with van der Waals surface area (Å²) in [6.45, 7) is 0.279. The van der Waals surface area contributed by atoms with Gasteiger partial charge in [0.15, 0.2) is 0 Å². The number of carbonyl (C=O) groups is 1. The number of piperazine rings is 1. The zero-order chi connectivity index (χ0) is 18.0. The molecule has 0 spiro atoms. The zero-order valence-corrected chi connectivity index (χ0v) is 13.3. The fourth-order valence-electron chi connectivity index (χ4n) is 2.68. The van der Waals surface area contributed by atoms with Crippen LogP contribution in [-0.2, 0) is 11.0 Å². The Morgan fingerprint density at radius 1 is 1.16 bits per heavy atom. The second-order valence-corrected chi connectivity index (χ2v) is 5.40. The van der Waals surface area contributed by atoms with Gasteiger partial charge in [0.1, 0.15) is 5.82 Å². The van der Waals surface area contributed by atoms with Crippen LogP contribution in [0.5, 0.6) is 5.88 Å². The molecule has 1 aliphatic heterocycles. The van der Waals surface area contributed by atoms with E-state index in [0.717, 1.165) is 6.07 Å². The van der Waals surface area contributed by atoms with Crippen molar-refractivity contribution in [2.45, 2.75) is 6.18 Å². The number of hydrogen-bond acceptors (Lipinski definition) is 5. The van der Waals surface area contributed by atoms with Crippen molar-refractivity contribution in [2.75, 3.05) is 36.5 Å². The third kappa shape index (κ3) is 3.49. The molecule has 0 saturated carbocycles. The largest absolute Gasteiger partial charge is 0.481 e. The number of amides is 1. The van der Waals surface area contributed by atoms with Crippen molar-refractivity contribution in [2.24, 2.45) is 0 Å². The summed E-state index contributed by atoms with van der Waals surface area (Å²) >= 11 is 0. The molecule has 25 heavy (non-hydrogen) atoms. The van der Waals surface area contributed by atoms with Crippen LogP contribution in [0.25, 0.3) is 0 Å². The predicted molar refractivity (Wildman–Crippen MR) is 84.6 cm³/mol. The Balaban J connectivity index is 1.82. The van der Waals surface area contributed by atoms with E-state index in [1.807, 2.05) is 0 Å². The van der Waals surface area contributed by atoms with E-state index in [9.17, 15) is 18.0 Å². The Bertz CT molecular complexity index is 782. The smallest absolute Gasteiger partial charge is 0.419 e. The highest BCUT2D eigenvalue weighted by Gasteiger charge is 2.37. The van der Waals surface area contributed by atoms with Gasteiger partial charge >= 0.3 is 6.18 Å². The first kappa shape index (κ1) is 17.0. The summed E-state index contributed by atoms with van der Waals surface area (Å²) < 4.78 is 44.5. The first-order valence-corrected chi connectivity index (χ1v) is 7.47. The molecular weight excluding hydrogens is 337 g/mol. The molecule has 3 heterocycles. The van der Waals surface area contributed by atoms with Gasteiger partial charge in [-0.1, -0.05) is 0 Å². The number of halogens is 3. The first-order chi connectivity index (χ1) is 11.9. The second kappa shape index (κ2) is 6.58. The fourth-order valence-corrected chi connectivity index (χ4v) is 2.68. The molecule has 3 rings (SSSR count). The average molecular weight is 352 g/mol. The van der Waals surface area contributed by atoms with Crippen LogP contribution >= 0.6 is 0 Å². The Hall–Kier alpha value is -2.84. The van der Waals surface area contributed by atoms with E-state index >= 15 is 0 Å². The molecule has 0 N–H and O–H groups in total. The van der Waals surface area contributed by atoms with Crippen LogP contribution in [0, 0.1) is 0 Å². The van der Waals surface area contributed by atoms with Crippen molar-refractivity contribution in [3.05, 3.63) is 42.2 Å². The van der Waals surface area contributed by atoms with E-state index in [4.69, 9.17) is 4.74 Å². The van der Waals surface area contributed by atoms with Crippen molar-refractivity contribution in [1.29, 1.82) is 0 Å². The van der Waals surface area contributed by atoms with Crippen LogP contribution in [-0.4, -0.2) is 42.6 Å². The van der Waals surface area contributed by atoms with E-state index < -0.39 is 11.7 Å². The molecule has 1 aliphatic rings. The third-order valence-electron chi connectivity index (χ3n) is 3.85. The van der Waals surface area contributed by atoms with Crippen molar-refractivity contribution >= 4 is 17.4 Å². The maximum atomic E-state index is 13.1. The first-order valence-electron chi connectivity index (χ1n) is 7.47. The highest BCUT2D eigenvalue weighted by atomic mass is 19.4. The SMILES string of the molecule is COc1cc(N2CCN(c3ncccc3C(F)(F)F)CC2=O)ccn1. The van der Waals surface area contributed by atoms with E-state index in [1.165, 1.54) is 35.4 Å². The van der Waals surface area contributed by atoms with Gasteiger partial charge in [-0.25, -0.2) is 9.97 Å². The van der Waals surface area contributed by atoms with Crippen LogP contribution < -0.4 is 14.5 Å². The maximum Gasteiger partial charge on any atom is 0.419 e. The van der Waals surface area contributed by atoms with Gasteiger partial charge in [0.2, 0.25) is 11.8 Å². The average Bonchev–Trinajstić information content (AvgIpc) is 2.61. The molecule has 0 unspecified atom stereocenters. The molecule has 0 radical (unpaired) electrons. The van der Waals surface area contributed by atoms with Crippen LogP contribution in [0.1, 0.15) is 5.56 Å². The number of pyridine rings is 2.